The molecule has 0 bridgehead atoms. The van der Waals surface area contributed by atoms with Gasteiger partial charge in [0.25, 0.3) is 0 Å². The van der Waals surface area contributed by atoms with Gasteiger partial charge in [-0.1, -0.05) is 170 Å². The molecule has 0 aromatic heterocycles. The van der Waals surface area contributed by atoms with Crippen LogP contribution in [0.15, 0.2) is 170 Å². The molecule has 56 heavy (non-hydrogen) atoms. The Hall–Kier alpha value is -4.88. The molecule has 0 fully saturated rings. The van der Waals surface area contributed by atoms with E-state index in [9.17, 15) is 0 Å². The summed E-state index contributed by atoms with van der Waals surface area (Å²) in [6.45, 7) is 7.52. The van der Waals surface area contributed by atoms with Crippen molar-refractivity contribution in [2.75, 3.05) is 0 Å². The zero-order chi connectivity index (χ0) is 35.6. The van der Waals surface area contributed by atoms with Gasteiger partial charge >= 0.3 is 30.2 Å². The van der Waals surface area contributed by atoms with Crippen molar-refractivity contribution in [3.63, 3.8) is 0 Å². The summed E-state index contributed by atoms with van der Waals surface area (Å²) in [6, 6.07) is 62.4. The van der Waals surface area contributed by atoms with Crippen LogP contribution < -0.4 is 0 Å². The summed E-state index contributed by atoms with van der Waals surface area (Å²) in [5.74, 6) is 0. The molecule has 0 amide bonds. The number of hydrogen-bond donors (Lipinski definition) is 0. The third kappa shape index (κ3) is 8.29. The molecule has 0 aliphatic carbocycles. The second-order valence-electron chi connectivity index (χ2n) is 13.5. The molecular weight excluding hydrogens is 768 g/mol. The van der Waals surface area contributed by atoms with Crippen molar-refractivity contribution in [1.29, 1.82) is 0 Å². The summed E-state index contributed by atoms with van der Waals surface area (Å²) >= 11 is 1.36. The molecule has 0 aliphatic rings. The van der Waals surface area contributed by atoms with E-state index >= 15 is 0 Å². The molecule has 10 aromatic carbocycles. The number of hydrogen-bond acceptors (Lipinski definition) is 0. The maximum absolute atomic E-state index is 3.06. The van der Waals surface area contributed by atoms with Crippen molar-refractivity contribution >= 4 is 71.5 Å². The average molecular weight is 818 g/mol. The van der Waals surface area contributed by atoms with E-state index < -0.39 is 0 Å². The third-order valence-corrected chi connectivity index (χ3v) is 10.5. The molecule has 0 spiro atoms. The molecule has 10 rings (SSSR count). The fourth-order valence-electron chi connectivity index (χ4n) is 7.89. The Morgan fingerprint density at radius 2 is 0.732 bits per heavy atom. The van der Waals surface area contributed by atoms with Crippen LogP contribution >= 0.6 is 0 Å². The molecular formula is C54H50SiZr-6. The van der Waals surface area contributed by atoms with Crippen LogP contribution in [-0.4, -0.2) is 6.88 Å². The van der Waals surface area contributed by atoms with Crippen LogP contribution in [0.3, 0.4) is 0 Å². The standard InChI is InChI=1S/2C25H19.4CH3.Si.Zr/c2*1-2-17-13-21-12-11-18-7-5-6-10-23(18)25(21)24(14-17)22-15-19-8-3-4-9-20(19)16-22;;;;;;/h2*3-16H,2H2,1H3;4*1H3;;/q6*-1;;. The van der Waals surface area contributed by atoms with Crippen LogP contribution in [-0.2, 0) is 36.2 Å². The van der Waals surface area contributed by atoms with Crippen LogP contribution in [0.25, 0.3) is 86.9 Å². The quantitative estimate of drug-likeness (QED) is 0.0943. The molecule has 2 radical (unpaired) electrons. The first-order valence-electron chi connectivity index (χ1n) is 18.1. The van der Waals surface area contributed by atoms with Gasteiger partial charge in [0.15, 0.2) is 0 Å². The second-order valence-corrected chi connectivity index (χ2v) is 13.5. The molecule has 0 heterocycles. The number of rotatable bonds is 4. The van der Waals surface area contributed by atoms with Crippen LogP contribution in [0.2, 0.25) is 0 Å². The Morgan fingerprint density at radius 1 is 0.393 bits per heavy atom. The van der Waals surface area contributed by atoms with Gasteiger partial charge in [-0.15, -0.1) is 69.1 Å². The van der Waals surface area contributed by atoms with Gasteiger partial charge in [0.05, 0.1) is 0 Å². The average Bonchev–Trinajstić information content (AvgIpc) is 3.86. The molecule has 280 valence electrons. The summed E-state index contributed by atoms with van der Waals surface area (Å²) in [7, 11) is 0. The molecule has 0 saturated carbocycles. The Labute approximate surface area is 352 Å². The predicted molar refractivity (Wildman–Crippen MR) is 250 cm³/mol. The van der Waals surface area contributed by atoms with Gasteiger partial charge in [0.1, 0.15) is 0 Å². The molecule has 10 aromatic rings. The first-order chi connectivity index (χ1) is 25.7. The van der Waals surface area contributed by atoms with Crippen molar-refractivity contribution in [1.82, 2.24) is 0 Å². The third-order valence-electron chi connectivity index (χ3n) is 10.5. The first kappa shape index (κ1) is 43.8. The van der Waals surface area contributed by atoms with Gasteiger partial charge in [-0.3, -0.25) is 0 Å². The zero-order valence-corrected chi connectivity index (χ0v) is 37.0. The van der Waals surface area contributed by atoms with Crippen LogP contribution in [0.1, 0.15) is 25.0 Å². The fraction of sp³-hybridized carbons (Fsp3) is 0.0741. The molecule has 0 unspecified atom stereocenters. The van der Waals surface area contributed by atoms with Crippen LogP contribution in [0.4, 0.5) is 0 Å². The monoisotopic (exact) mass is 816 g/mol. The molecule has 0 saturated heterocycles. The molecule has 0 N–H and O–H groups in total. The molecule has 0 nitrogen and oxygen atoms in total. The van der Waals surface area contributed by atoms with Gasteiger partial charge in [-0.25, -0.2) is 0 Å². The van der Waals surface area contributed by atoms with E-state index in [4.69, 9.17) is 0 Å². The number of benzene rings is 8. The number of fused-ring (bicyclic) bond motifs is 8. The normalized spacial score (nSPS) is 10.4. The topological polar surface area (TPSA) is 0 Å². The summed E-state index contributed by atoms with van der Waals surface area (Å²) in [5, 5.41) is 15.9. The van der Waals surface area contributed by atoms with E-state index in [1.54, 1.807) is 0 Å². The first-order valence-corrected chi connectivity index (χ1v) is 22.3. The summed E-state index contributed by atoms with van der Waals surface area (Å²) in [6.07, 6.45) is 2.10. The molecule has 2 heteroatoms. The van der Waals surface area contributed by atoms with Crippen LogP contribution in [0.5, 0.6) is 0 Å². The summed E-state index contributed by atoms with van der Waals surface area (Å²) in [4.78, 5) is 0. The fourth-order valence-corrected chi connectivity index (χ4v) is 7.89. The Kier molecular flexibility index (Phi) is 15.1. The number of aryl methyl sites for hydroxylation is 2. The van der Waals surface area contributed by atoms with Gasteiger partial charge in [-0.2, -0.15) is 0 Å². The summed E-state index contributed by atoms with van der Waals surface area (Å²) in [5.41, 5.74) is 8.12. The molecule has 0 atom stereocenters. The van der Waals surface area contributed by atoms with Gasteiger partial charge in [-0.05, 0) is 55.9 Å². The van der Waals surface area contributed by atoms with E-state index in [2.05, 4.69) is 191 Å². The Morgan fingerprint density at radius 3 is 1.11 bits per heavy atom. The van der Waals surface area contributed by atoms with Crippen LogP contribution in [0, 0.1) is 29.7 Å². The zero-order valence-electron chi connectivity index (χ0n) is 33.6. The SMILES string of the molecule is CCc1cc(-c2cc3ccccc3[cH-]2)c2c(ccc3ccccc32)c1.CCc1cc(-c2cc3ccccc3[cH-]2)c2c(ccc3ccccc32)c1.[CH3-].[CH3-].[CH3-].[CH3-].[Si]=[Zr]. The second kappa shape index (κ2) is 19.3. The van der Waals surface area contributed by atoms with E-state index in [0.29, 0.717) is 0 Å². The predicted octanol–water partition coefficient (Wildman–Crippen LogP) is 15.6. The Bertz CT molecular complexity index is 2610. The van der Waals surface area contributed by atoms with E-state index in [1.165, 1.54) is 121 Å². The van der Waals surface area contributed by atoms with Gasteiger partial charge in [0.2, 0.25) is 0 Å². The Balaban J connectivity index is 0.000000223. The van der Waals surface area contributed by atoms with Gasteiger partial charge < -0.3 is 29.7 Å². The van der Waals surface area contributed by atoms with E-state index in [1.807, 2.05) is 0 Å². The van der Waals surface area contributed by atoms with Crippen molar-refractivity contribution in [2.24, 2.45) is 0 Å². The molecule has 0 aliphatic heterocycles. The van der Waals surface area contributed by atoms with E-state index in [-0.39, 0.29) is 29.7 Å². The maximum atomic E-state index is 3.06. The van der Waals surface area contributed by atoms with Crippen molar-refractivity contribution in [3.8, 4) is 22.3 Å². The summed E-state index contributed by atoms with van der Waals surface area (Å²) < 4.78 is 0. The minimum atomic E-state index is 0. The van der Waals surface area contributed by atoms with E-state index in [0.717, 1.165) is 12.8 Å². The van der Waals surface area contributed by atoms with Crippen molar-refractivity contribution in [2.45, 2.75) is 26.7 Å². The minimum absolute atomic E-state index is 0. The van der Waals surface area contributed by atoms with Crippen molar-refractivity contribution in [3.05, 3.63) is 211 Å². The van der Waals surface area contributed by atoms with Crippen molar-refractivity contribution < 1.29 is 23.3 Å². The van der Waals surface area contributed by atoms with Gasteiger partial charge in [0, 0.05) is 0 Å².